The molecule has 0 unspecified atom stereocenters. The molecule has 0 radical (unpaired) electrons. The molecule has 0 saturated carbocycles. The molecule has 1 heterocycles. The Kier molecular flexibility index (Phi) is 3.70. The number of halogens is 1. The van der Waals surface area contributed by atoms with E-state index >= 15 is 0 Å². The summed E-state index contributed by atoms with van der Waals surface area (Å²) in [5.41, 5.74) is 1.01. The smallest absolute Gasteiger partial charge is 0.313 e. The van der Waals surface area contributed by atoms with Crippen molar-refractivity contribution in [3.63, 3.8) is 0 Å². The van der Waals surface area contributed by atoms with Crippen molar-refractivity contribution in [3.05, 3.63) is 29.6 Å². The van der Waals surface area contributed by atoms with E-state index in [1.165, 1.54) is 6.07 Å². The van der Waals surface area contributed by atoms with E-state index in [-0.39, 0.29) is 22.3 Å². The summed E-state index contributed by atoms with van der Waals surface area (Å²) < 4.78 is 14.9. The van der Waals surface area contributed by atoms with Crippen molar-refractivity contribution in [3.8, 4) is 11.4 Å². The predicted molar refractivity (Wildman–Crippen MR) is 68.7 cm³/mol. The number of nitrogens with zero attached hydrogens (tertiary/aromatic N) is 3. The van der Waals surface area contributed by atoms with Gasteiger partial charge >= 0.3 is 5.97 Å². The Hall–Kier alpha value is -2.09. The van der Waals surface area contributed by atoms with Crippen LogP contribution in [0.3, 0.4) is 0 Å². The third kappa shape index (κ3) is 2.84. The molecule has 0 fully saturated rings. The number of nitrogens with two attached hydrogens (primary N) is 1. The van der Waals surface area contributed by atoms with E-state index in [2.05, 4.69) is 10.2 Å². The van der Waals surface area contributed by atoms with Gasteiger partial charge in [-0.3, -0.25) is 4.79 Å². The first-order valence-electron chi connectivity index (χ1n) is 5.30. The molecule has 19 heavy (non-hydrogen) atoms. The average Bonchev–Trinajstić information content (AvgIpc) is 2.68. The molecule has 0 bridgehead atoms. The molecule has 2 rings (SSSR count). The van der Waals surface area contributed by atoms with Gasteiger partial charge in [0.25, 0.3) is 0 Å². The van der Waals surface area contributed by atoms with E-state index < -0.39 is 11.8 Å². The van der Waals surface area contributed by atoms with E-state index in [9.17, 15) is 9.18 Å². The second-order valence-corrected chi connectivity index (χ2v) is 4.78. The SMILES string of the molecule is Cc1ccc(-c2nnc(SCC(=O)O)n2N)c(F)c1. The molecule has 0 amide bonds. The largest absolute Gasteiger partial charge is 0.481 e. The van der Waals surface area contributed by atoms with Crippen LogP contribution in [0.2, 0.25) is 0 Å². The van der Waals surface area contributed by atoms with Crippen LogP contribution in [0.5, 0.6) is 0 Å². The van der Waals surface area contributed by atoms with Crippen LogP contribution < -0.4 is 5.84 Å². The van der Waals surface area contributed by atoms with Crippen LogP contribution in [0.25, 0.3) is 11.4 Å². The number of carboxylic acid groups (broad SMARTS) is 1. The van der Waals surface area contributed by atoms with Crippen LogP contribution >= 0.6 is 11.8 Å². The lowest BCUT2D eigenvalue weighted by molar-refractivity contribution is -0.133. The minimum atomic E-state index is -0.990. The van der Waals surface area contributed by atoms with Gasteiger partial charge in [-0.1, -0.05) is 17.8 Å². The van der Waals surface area contributed by atoms with Crippen LogP contribution in [0.4, 0.5) is 4.39 Å². The van der Waals surface area contributed by atoms with Crippen molar-refractivity contribution in [2.45, 2.75) is 12.1 Å². The Morgan fingerprint density at radius 3 is 2.89 bits per heavy atom. The summed E-state index contributed by atoms with van der Waals surface area (Å²) >= 11 is 0.922. The van der Waals surface area contributed by atoms with Crippen molar-refractivity contribution in [2.75, 3.05) is 11.6 Å². The molecule has 0 aliphatic rings. The van der Waals surface area contributed by atoms with Gasteiger partial charge in [-0.2, -0.15) is 0 Å². The minimum Gasteiger partial charge on any atom is -0.481 e. The third-order valence-electron chi connectivity index (χ3n) is 2.35. The molecule has 0 atom stereocenters. The summed E-state index contributed by atoms with van der Waals surface area (Å²) in [6, 6.07) is 4.66. The number of hydrogen-bond acceptors (Lipinski definition) is 5. The van der Waals surface area contributed by atoms with Crippen LogP contribution in [0, 0.1) is 12.7 Å². The standard InChI is InChI=1S/C11H11FN4O2S/c1-6-2-3-7(8(12)4-6)10-14-15-11(16(10)13)19-5-9(17)18/h2-4H,5,13H2,1H3,(H,17,18). The van der Waals surface area contributed by atoms with Gasteiger partial charge in [-0.15, -0.1) is 10.2 Å². The number of aromatic nitrogens is 3. The normalized spacial score (nSPS) is 10.6. The summed E-state index contributed by atoms with van der Waals surface area (Å²) in [5, 5.41) is 16.3. The van der Waals surface area contributed by atoms with Gasteiger partial charge in [0.05, 0.1) is 11.3 Å². The number of hydrogen-bond donors (Lipinski definition) is 2. The highest BCUT2D eigenvalue weighted by molar-refractivity contribution is 7.99. The molecule has 6 nitrogen and oxygen atoms in total. The van der Waals surface area contributed by atoms with Crippen LogP contribution in [0.1, 0.15) is 5.56 Å². The van der Waals surface area contributed by atoms with Crippen molar-refractivity contribution in [1.29, 1.82) is 0 Å². The zero-order valence-electron chi connectivity index (χ0n) is 10.00. The Morgan fingerprint density at radius 2 is 2.26 bits per heavy atom. The maximum Gasteiger partial charge on any atom is 0.313 e. The fourth-order valence-electron chi connectivity index (χ4n) is 1.49. The van der Waals surface area contributed by atoms with Gasteiger partial charge in [0.15, 0.2) is 5.82 Å². The molecule has 1 aromatic carbocycles. The Balaban J connectivity index is 2.33. The molecule has 0 aliphatic heterocycles. The molecule has 0 aliphatic carbocycles. The van der Waals surface area contributed by atoms with Crippen molar-refractivity contribution < 1.29 is 14.3 Å². The minimum absolute atomic E-state index is 0.158. The number of carbonyl (C=O) groups is 1. The van der Waals surface area contributed by atoms with Crippen molar-refractivity contribution in [2.24, 2.45) is 0 Å². The average molecular weight is 282 g/mol. The number of aryl methyl sites for hydroxylation is 1. The number of benzene rings is 1. The van der Waals surface area contributed by atoms with Gasteiger partial charge in [0.2, 0.25) is 5.16 Å². The first-order valence-corrected chi connectivity index (χ1v) is 6.29. The van der Waals surface area contributed by atoms with Crippen LogP contribution in [0.15, 0.2) is 23.4 Å². The fourth-order valence-corrected chi connectivity index (χ4v) is 2.06. The molecule has 2 aromatic rings. The third-order valence-corrected chi connectivity index (χ3v) is 3.28. The Bertz CT molecular complexity index is 629. The van der Waals surface area contributed by atoms with Gasteiger partial charge in [0.1, 0.15) is 5.82 Å². The topological polar surface area (TPSA) is 94.0 Å². The van der Waals surface area contributed by atoms with Gasteiger partial charge in [0, 0.05) is 0 Å². The molecule has 3 N–H and O–H groups in total. The van der Waals surface area contributed by atoms with Crippen molar-refractivity contribution >= 4 is 17.7 Å². The lowest BCUT2D eigenvalue weighted by Crippen LogP contribution is -2.13. The molecule has 0 saturated heterocycles. The summed E-state index contributed by atoms with van der Waals surface area (Å²) in [6.45, 7) is 1.77. The first-order chi connectivity index (χ1) is 8.99. The van der Waals surface area contributed by atoms with Crippen molar-refractivity contribution in [1.82, 2.24) is 14.9 Å². The number of aliphatic carboxylic acids is 1. The maximum absolute atomic E-state index is 13.8. The molecule has 0 spiro atoms. The zero-order chi connectivity index (χ0) is 14.0. The van der Waals surface area contributed by atoms with E-state index in [0.29, 0.717) is 0 Å². The highest BCUT2D eigenvalue weighted by Gasteiger charge is 2.16. The maximum atomic E-state index is 13.8. The van der Waals surface area contributed by atoms with E-state index in [1.807, 2.05) is 0 Å². The Labute approximate surface area is 112 Å². The highest BCUT2D eigenvalue weighted by Crippen LogP contribution is 2.24. The monoisotopic (exact) mass is 282 g/mol. The van der Waals surface area contributed by atoms with Gasteiger partial charge in [-0.25, -0.2) is 9.07 Å². The molecule has 1 aromatic heterocycles. The van der Waals surface area contributed by atoms with E-state index in [0.717, 1.165) is 22.0 Å². The highest BCUT2D eigenvalue weighted by atomic mass is 32.2. The lowest BCUT2D eigenvalue weighted by Gasteiger charge is -2.04. The summed E-state index contributed by atoms with van der Waals surface area (Å²) in [7, 11) is 0. The number of carboxylic acids is 1. The lowest BCUT2D eigenvalue weighted by atomic mass is 10.1. The number of nitrogen functional groups attached to an aromatic ring is 1. The fraction of sp³-hybridized carbons (Fsp3) is 0.182. The molecule has 8 heteroatoms. The summed E-state index contributed by atoms with van der Waals surface area (Å²) in [4.78, 5) is 10.5. The molecule has 100 valence electrons. The molecular formula is C11H11FN4O2S. The molecular weight excluding hydrogens is 271 g/mol. The summed E-state index contributed by atoms with van der Waals surface area (Å²) in [5.74, 6) is 4.27. The zero-order valence-corrected chi connectivity index (χ0v) is 10.8. The Morgan fingerprint density at radius 1 is 1.53 bits per heavy atom. The second-order valence-electron chi connectivity index (χ2n) is 3.84. The van der Waals surface area contributed by atoms with Crippen LogP contribution in [-0.4, -0.2) is 31.7 Å². The number of rotatable bonds is 4. The van der Waals surface area contributed by atoms with E-state index in [4.69, 9.17) is 10.9 Å². The first kappa shape index (κ1) is 13.3. The van der Waals surface area contributed by atoms with E-state index in [1.54, 1.807) is 19.1 Å². The number of thioether (sulfide) groups is 1. The van der Waals surface area contributed by atoms with Crippen LogP contribution in [-0.2, 0) is 4.79 Å². The second kappa shape index (κ2) is 5.27. The predicted octanol–water partition coefficient (Wildman–Crippen LogP) is 1.28. The van der Waals surface area contributed by atoms with Gasteiger partial charge < -0.3 is 10.9 Å². The quantitative estimate of drug-likeness (QED) is 0.648. The van der Waals surface area contributed by atoms with Gasteiger partial charge in [-0.05, 0) is 24.6 Å². The summed E-state index contributed by atoms with van der Waals surface area (Å²) in [6.07, 6.45) is 0.